The molecule has 1 aromatic rings. The van der Waals surface area contributed by atoms with Crippen molar-refractivity contribution < 1.29 is 19.4 Å². The van der Waals surface area contributed by atoms with Gasteiger partial charge in [-0.05, 0) is 12.1 Å². The van der Waals surface area contributed by atoms with Crippen LogP contribution in [0.3, 0.4) is 0 Å². The molecule has 1 fully saturated rings. The molecule has 4 atom stereocenters. The molecule has 4 nitrogen and oxygen atoms in total. The van der Waals surface area contributed by atoms with Crippen LogP contribution >= 0.6 is 11.8 Å². The third-order valence-electron chi connectivity index (χ3n) is 3.01. The quantitative estimate of drug-likeness (QED) is 0.860. The van der Waals surface area contributed by atoms with Crippen molar-refractivity contribution in [2.45, 2.75) is 36.4 Å². The minimum absolute atomic E-state index is 0.0445. The molecule has 0 radical (unpaired) electrons. The summed E-state index contributed by atoms with van der Waals surface area (Å²) in [6.07, 6.45) is -1.33. The molecule has 0 saturated carbocycles. The number of rotatable bonds is 3. The van der Waals surface area contributed by atoms with Crippen LogP contribution in [0.2, 0.25) is 0 Å². The molecule has 1 heterocycles. The van der Waals surface area contributed by atoms with Gasteiger partial charge in [-0.1, -0.05) is 36.9 Å². The zero-order valence-electron chi connectivity index (χ0n) is 11.0. The van der Waals surface area contributed by atoms with Gasteiger partial charge < -0.3 is 14.6 Å². The molecule has 5 heteroatoms. The normalized spacial score (nSPS) is 30.9. The van der Waals surface area contributed by atoms with E-state index in [0.717, 1.165) is 4.90 Å². The van der Waals surface area contributed by atoms with Crippen LogP contribution in [-0.4, -0.2) is 35.3 Å². The van der Waals surface area contributed by atoms with Crippen molar-refractivity contribution in [2.24, 2.45) is 5.92 Å². The minimum Gasteiger partial charge on any atom is -0.456 e. The second kappa shape index (κ2) is 6.41. The van der Waals surface area contributed by atoms with Crippen molar-refractivity contribution in [3.05, 3.63) is 30.3 Å². The van der Waals surface area contributed by atoms with E-state index in [1.165, 1.54) is 18.7 Å². The van der Waals surface area contributed by atoms with Crippen molar-refractivity contribution in [3.63, 3.8) is 0 Å². The first-order valence-corrected chi connectivity index (χ1v) is 7.14. The zero-order chi connectivity index (χ0) is 13.8. The SMILES string of the molecule is CC(=O)O[C@@H]1[C@@H](O)[C@@H](C)CO[C@H]1Sc1ccccc1. The summed E-state index contributed by atoms with van der Waals surface area (Å²) in [5.74, 6) is -0.447. The fourth-order valence-corrected chi connectivity index (χ4v) is 3.06. The number of hydrogen-bond donors (Lipinski definition) is 1. The van der Waals surface area contributed by atoms with E-state index in [2.05, 4.69) is 0 Å². The van der Waals surface area contributed by atoms with E-state index in [4.69, 9.17) is 9.47 Å². The summed E-state index contributed by atoms with van der Waals surface area (Å²) in [5.41, 5.74) is -0.377. The predicted octanol–water partition coefficient (Wildman–Crippen LogP) is 2.06. The highest BCUT2D eigenvalue weighted by Gasteiger charge is 2.40. The molecule has 0 spiro atoms. The molecule has 0 aliphatic carbocycles. The maximum atomic E-state index is 11.2. The number of carbonyl (C=O) groups is 1. The van der Waals surface area contributed by atoms with Crippen molar-refractivity contribution in [1.82, 2.24) is 0 Å². The van der Waals surface area contributed by atoms with Crippen LogP contribution in [0, 0.1) is 5.92 Å². The van der Waals surface area contributed by atoms with Crippen molar-refractivity contribution in [1.29, 1.82) is 0 Å². The van der Waals surface area contributed by atoms with E-state index in [9.17, 15) is 9.90 Å². The number of esters is 1. The van der Waals surface area contributed by atoms with Gasteiger partial charge in [0.2, 0.25) is 0 Å². The molecule has 0 amide bonds. The molecule has 0 aromatic heterocycles. The average molecular weight is 282 g/mol. The van der Waals surface area contributed by atoms with Crippen LogP contribution < -0.4 is 0 Å². The van der Waals surface area contributed by atoms with Crippen LogP contribution in [0.4, 0.5) is 0 Å². The van der Waals surface area contributed by atoms with Gasteiger partial charge in [-0.25, -0.2) is 0 Å². The monoisotopic (exact) mass is 282 g/mol. The van der Waals surface area contributed by atoms with Crippen LogP contribution in [0.15, 0.2) is 35.2 Å². The molecule has 104 valence electrons. The molecular formula is C14H18O4S. The van der Waals surface area contributed by atoms with Gasteiger partial charge in [-0.3, -0.25) is 4.79 Å². The summed E-state index contributed by atoms with van der Waals surface area (Å²) >= 11 is 1.46. The zero-order valence-corrected chi connectivity index (χ0v) is 11.8. The van der Waals surface area contributed by atoms with Gasteiger partial charge in [0.1, 0.15) is 5.44 Å². The van der Waals surface area contributed by atoms with Crippen molar-refractivity contribution in [3.8, 4) is 0 Å². The second-order valence-corrected chi connectivity index (χ2v) is 5.85. The minimum atomic E-state index is -0.695. The first kappa shape index (κ1) is 14.4. The molecule has 1 N–H and O–H groups in total. The first-order valence-electron chi connectivity index (χ1n) is 6.26. The van der Waals surface area contributed by atoms with Gasteiger partial charge >= 0.3 is 5.97 Å². The molecule has 0 unspecified atom stereocenters. The van der Waals surface area contributed by atoms with Crippen molar-refractivity contribution >= 4 is 17.7 Å². The lowest BCUT2D eigenvalue weighted by Crippen LogP contribution is -2.49. The number of thioether (sulfide) groups is 1. The topological polar surface area (TPSA) is 55.8 Å². The number of hydrogen-bond acceptors (Lipinski definition) is 5. The standard InChI is InChI=1S/C14H18O4S/c1-9-8-17-14(13(12(9)16)18-10(2)15)19-11-6-4-3-5-7-11/h3-7,9,12-14,16H,8H2,1-2H3/t9-,12-,13+,14-/m0/s1. The maximum absolute atomic E-state index is 11.2. The Kier molecular flexibility index (Phi) is 4.85. The Balaban J connectivity index is 2.10. The molecular weight excluding hydrogens is 264 g/mol. The molecule has 2 rings (SSSR count). The average Bonchev–Trinajstić information content (AvgIpc) is 2.39. The third-order valence-corrected chi connectivity index (χ3v) is 4.19. The molecule has 1 saturated heterocycles. The maximum Gasteiger partial charge on any atom is 0.303 e. The van der Waals surface area contributed by atoms with E-state index in [-0.39, 0.29) is 11.4 Å². The fourth-order valence-electron chi connectivity index (χ4n) is 1.98. The Morgan fingerprint density at radius 3 is 2.74 bits per heavy atom. The van der Waals surface area contributed by atoms with Crippen LogP contribution in [0.25, 0.3) is 0 Å². The number of aliphatic hydroxyl groups excluding tert-OH is 1. The summed E-state index contributed by atoms with van der Waals surface area (Å²) in [7, 11) is 0. The van der Waals surface area contributed by atoms with Gasteiger partial charge in [0.15, 0.2) is 6.10 Å². The molecule has 1 aromatic carbocycles. The van der Waals surface area contributed by atoms with E-state index in [1.54, 1.807) is 0 Å². The third kappa shape index (κ3) is 3.72. The number of benzene rings is 1. The number of carbonyl (C=O) groups excluding carboxylic acids is 1. The summed E-state index contributed by atoms with van der Waals surface area (Å²) in [6, 6.07) is 9.73. The fraction of sp³-hybridized carbons (Fsp3) is 0.500. The molecule has 1 aliphatic heterocycles. The Morgan fingerprint density at radius 2 is 2.11 bits per heavy atom. The summed E-state index contributed by atoms with van der Waals surface area (Å²) in [5, 5.41) is 10.2. The van der Waals surface area contributed by atoms with Gasteiger partial charge in [-0.15, -0.1) is 0 Å². The molecule has 19 heavy (non-hydrogen) atoms. The number of aliphatic hydroxyl groups is 1. The van der Waals surface area contributed by atoms with Crippen molar-refractivity contribution in [2.75, 3.05) is 6.61 Å². The van der Waals surface area contributed by atoms with E-state index in [0.29, 0.717) is 6.61 Å². The Morgan fingerprint density at radius 1 is 1.42 bits per heavy atom. The smallest absolute Gasteiger partial charge is 0.303 e. The lowest BCUT2D eigenvalue weighted by molar-refractivity contribution is -0.177. The van der Waals surface area contributed by atoms with Crippen LogP contribution in [-0.2, 0) is 14.3 Å². The van der Waals surface area contributed by atoms with Gasteiger partial charge in [0.05, 0.1) is 12.7 Å². The highest BCUT2D eigenvalue weighted by molar-refractivity contribution is 7.99. The number of ether oxygens (including phenoxy) is 2. The van der Waals surface area contributed by atoms with Gasteiger partial charge in [-0.2, -0.15) is 0 Å². The lowest BCUT2D eigenvalue weighted by atomic mass is 9.98. The van der Waals surface area contributed by atoms with Gasteiger partial charge in [0.25, 0.3) is 0 Å². The Bertz CT molecular complexity index is 423. The predicted molar refractivity (Wildman–Crippen MR) is 72.8 cm³/mol. The van der Waals surface area contributed by atoms with E-state index < -0.39 is 18.2 Å². The second-order valence-electron chi connectivity index (χ2n) is 4.67. The first-order chi connectivity index (χ1) is 9.08. The highest BCUT2D eigenvalue weighted by atomic mass is 32.2. The summed E-state index contributed by atoms with van der Waals surface area (Å²) in [6.45, 7) is 3.68. The summed E-state index contributed by atoms with van der Waals surface area (Å²) < 4.78 is 10.9. The molecule has 1 aliphatic rings. The largest absolute Gasteiger partial charge is 0.456 e. The van der Waals surface area contributed by atoms with Gasteiger partial charge in [0, 0.05) is 17.7 Å². The lowest BCUT2D eigenvalue weighted by Gasteiger charge is -2.37. The van der Waals surface area contributed by atoms with Crippen LogP contribution in [0.1, 0.15) is 13.8 Å². The van der Waals surface area contributed by atoms with E-state index >= 15 is 0 Å². The molecule has 0 bridgehead atoms. The van der Waals surface area contributed by atoms with E-state index in [1.807, 2.05) is 37.3 Å². The summed E-state index contributed by atoms with van der Waals surface area (Å²) in [4.78, 5) is 12.2. The Labute approximate surface area is 117 Å². The van der Waals surface area contributed by atoms with Crippen LogP contribution in [0.5, 0.6) is 0 Å². The Hall–Kier alpha value is -1.04. The highest BCUT2D eigenvalue weighted by Crippen LogP contribution is 2.34.